The van der Waals surface area contributed by atoms with Crippen molar-refractivity contribution in [2.24, 2.45) is 0 Å². The van der Waals surface area contributed by atoms with Gasteiger partial charge >= 0.3 is 0 Å². The summed E-state index contributed by atoms with van der Waals surface area (Å²) >= 11 is 2.96. The molecule has 1 nitrogen and oxygen atoms in total. The number of benzene rings is 2. The normalized spacial score (nSPS) is 14.1. The zero-order valence-corrected chi connectivity index (χ0v) is 12.2. The molecule has 0 heterocycles. The van der Waals surface area contributed by atoms with E-state index in [0.717, 1.165) is 6.07 Å². The Labute approximate surface area is 123 Å². The zero-order valence-electron chi connectivity index (χ0n) is 10.6. The minimum absolute atomic E-state index is 0.0633. The maximum Gasteiger partial charge on any atom is 0.146 e. The molecule has 0 saturated heterocycles. The van der Waals surface area contributed by atoms with Gasteiger partial charge in [-0.05, 0) is 52.7 Å². The second-order valence-corrected chi connectivity index (χ2v) is 5.65. The highest BCUT2D eigenvalue weighted by molar-refractivity contribution is 9.10. The second kappa shape index (κ2) is 5.58. The lowest BCUT2D eigenvalue weighted by atomic mass is 9.88. The van der Waals surface area contributed by atoms with Gasteiger partial charge in [-0.1, -0.05) is 12.1 Å². The first-order valence-electron chi connectivity index (χ1n) is 5.92. The zero-order chi connectivity index (χ0) is 14.9. The maximum atomic E-state index is 14.0. The smallest absolute Gasteiger partial charge is 0.146 e. The van der Waals surface area contributed by atoms with Gasteiger partial charge in [0.05, 0.1) is 15.6 Å². The van der Waals surface area contributed by atoms with E-state index in [1.165, 1.54) is 31.2 Å². The van der Waals surface area contributed by atoms with E-state index in [0.29, 0.717) is 5.56 Å². The van der Waals surface area contributed by atoms with Crippen LogP contribution in [-0.2, 0) is 12.0 Å². The largest absolute Gasteiger partial charge is 0.385 e. The van der Waals surface area contributed by atoms with Crippen LogP contribution in [0.4, 0.5) is 13.2 Å². The van der Waals surface area contributed by atoms with E-state index in [1.807, 2.05) is 0 Å². The van der Waals surface area contributed by atoms with Gasteiger partial charge in [-0.15, -0.1) is 0 Å². The molecule has 0 amide bonds. The Bertz CT molecular complexity index is 641. The van der Waals surface area contributed by atoms with E-state index in [4.69, 9.17) is 0 Å². The average molecular weight is 345 g/mol. The third-order valence-corrected chi connectivity index (χ3v) is 3.63. The Kier molecular flexibility index (Phi) is 4.20. The van der Waals surface area contributed by atoms with Crippen LogP contribution in [0.15, 0.2) is 40.9 Å². The summed E-state index contributed by atoms with van der Waals surface area (Å²) in [4.78, 5) is 0. The summed E-state index contributed by atoms with van der Waals surface area (Å²) in [5.74, 6) is -2.16. The van der Waals surface area contributed by atoms with Crippen molar-refractivity contribution in [3.05, 3.63) is 69.4 Å². The van der Waals surface area contributed by atoms with Gasteiger partial charge in [0.2, 0.25) is 0 Å². The highest BCUT2D eigenvalue weighted by Crippen LogP contribution is 2.33. The van der Waals surface area contributed by atoms with Crippen LogP contribution < -0.4 is 0 Å². The molecule has 2 aromatic carbocycles. The topological polar surface area (TPSA) is 20.2 Å². The summed E-state index contributed by atoms with van der Waals surface area (Å²) in [5.41, 5.74) is -1.77. The summed E-state index contributed by atoms with van der Waals surface area (Å²) in [7, 11) is 0. The quantitative estimate of drug-likeness (QED) is 0.822. The predicted molar refractivity (Wildman–Crippen MR) is 73.7 cm³/mol. The van der Waals surface area contributed by atoms with Gasteiger partial charge in [-0.2, -0.15) is 0 Å². The molecule has 0 spiro atoms. The molecule has 2 aromatic rings. The Morgan fingerprint density at radius 1 is 1.15 bits per heavy atom. The lowest BCUT2D eigenvalue weighted by molar-refractivity contribution is 0.0495. The van der Waals surface area contributed by atoms with Crippen molar-refractivity contribution in [3.8, 4) is 0 Å². The summed E-state index contributed by atoms with van der Waals surface area (Å²) < 4.78 is 41.0. The molecule has 1 N–H and O–H groups in total. The summed E-state index contributed by atoms with van der Waals surface area (Å²) in [6.45, 7) is 1.30. The van der Waals surface area contributed by atoms with E-state index in [1.54, 1.807) is 6.07 Å². The number of aliphatic hydroxyl groups is 1. The molecule has 0 bridgehead atoms. The van der Waals surface area contributed by atoms with Crippen molar-refractivity contribution >= 4 is 15.9 Å². The van der Waals surface area contributed by atoms with Crippen LogP contribution in [-0.4, -0.2) is 5.11 Å². The van der Waals surface area contributed by atoms with Gasteiger partial charge in [-0.3, -0.25) is 0 Å². The molecule has 106 valence electrons. The highest BCUT2D eigenvalue weighted by atomic mass is 79.9. The monoisotopic (exact) mass is 344 g/mol. The first-order chi connectivity index (χ1) is 9.31. The lowest BCUT2D eigenvalue weighted by Gasteiger charge is -2.25. The molecule has 1 atom stereocenters. The number of hydrogen-bond donors (Lipinski definition) is 1. The van der Waals surface area contributed by atoms with Crippen molar-refractivity contribution in [3.63, 3.8) is 0 Å². The third-order valence-electron chi connectivity index (χ3n) is 3.02. The Morgan fingerprint density at radius 2 is 1.85 bits per heavy atom. The molecule has 0 aliphatic heterocycles. The van der Waals surface area contributed by atoms with Crippen LogP contribution in [0.5, 0.6) is 0 Å². The van der Waals surface area contributed by atoms with Crippen LogP contribution in [0, 0.1) is 17.5 Å². The third kappa shape index (κ3) is 3.04. The first-order valence-corrected chi connectivity index (χ1v) is 6.71. The molecular weight excluding hydrogens is 333 g/mol. The van der Waals surface area contributed by atoms with Crippen molar-refractivity contribution < 1.29 is 18.3 Å². The molecule has 0 aliphatic rings. The molecule has 0 aliphatic carbocycles. The lowest BCUT2D eigenvalue weighted by Crippen LogP contribution is -2.27. The molecule has 20 heavy (non-hydrogen) atoms. The van der Waals surface area contributed by atoms with E-state index in [-0.39, 0.29) is 10.9 Å². The molecular formula is C15H12BrF3O. The fourth-order valence-electron chi connectivity index (χ4n) is 2.15. The van der Waals surface area contributed by atoms with Crippen LogP contribution in [0.2, 0.25) is 0 Å². The fourth-order valence-corrected chi connectivity index (χ4v) is 2.48. The average Bonchev–Trinajstić information content (AvgIpc) is 2.33. The van der Waals surface area contributed by atoms with Crippen molar-refractivity contribution in [2.75, 3.05) is 0 Å². The Hall–Kier alpha value is -1.33. The van der Waals surface area contributed by atoms with Crippen molar-refractivity contribution in [1.82, 2.24) is 0 Å². The maximum absolute atomic E-state index is 14.0. The molecule has 2 rings (SSSR count). The van der Waals surface area contributed by atoms with Gasteiger partial charge in [0.1, 0.15) is 17.5 Å². The van der Waals surface area contributed by atoms with Gasteiger partial charge in [0, 0.05) is 6.42 Å². The SMILES string of the molecule is CC(O)(Cc1cccc(F)c1)c1c(F)ccc(Br)c1F. The van der Waals surface area contributed by atoms with Crippen LogP contribution in [0.25, 0.3) is 0 Å². The molecule has 0 fully saturated rings. The highest BCUT2D eigenvalue weighted by Gasteiger charge is 2.31. The van der Waals surface area contributed by atoms with Crippen LogP contribution in [0.3, 0.4) is 0 Å². The van der Waals surface area contributed by atoms with E-state index < -0.39 is 28.6 Å². The van der Waals surface area contributed by atoms with Gasteiger partial charge < -0.3 is 5.11 Å². The number of halogens is 4. The molecule has 5 heteroatoms. The summed E-state index contributed by atoms with van der Waals surface area (Å²) in [6.07, 6.45) is -0.102. The molecule has 0 aromatic heterocycles. The molecule has 0 saturated carbocycles. The molecule has 1 unspecified atom stereocenters. The van der Waals surface area contributed by atoms with E-state index in [2.05, 4.69) is 15.9 Å². The second-order valence-electron chi connectivity index (χ2n) is 4.80. The first kappa shape index (κ1) is 15.1. The van der Waals surface area contributed by atoms with Crippen LogP contribution in [0.1, 0.15) is 18.1 Å². The fraction of sp³-hybridized carbons (Fsp3) is 0.200. The van der Waals surface area contributed by atoms with Gasteiger partial charge in [-0.25, -0.2) is 13.2 Å². The minimum Gasteiger partial charge on any atom is -0.385 e. The van der Waals surface area contributed by atoms with E-state index in [9.17, 15) is 18.3 Å². The van der Waals surface area contributed by atoms with E-state index >= 15 is 0 Å². The minimum atomic E-state index is -1.79. The summed E-state index contributed by atoms with van der Waals surface area (Å²) in [5, 5.41) is 10.4. The van der Waals surface area contributed by atoms with Gasteiger partial charge in [0.25, 0.3) is 0 Å². The Morgan fingerprint density at radius 3 is 2.50 bits per heavy atom. The number of hydrogen-bond acceptors (Lipinski definition) is 1. The standard InChI is InChI=1S/C15H12BrF3O/c1-15(20,8-9-3-2-4-10(17)7-9)13-12(18)6-5-11(16)14(13)19/h2-7,20H,8H2,1H3. The van der Waals surface area contributed by atoms with Crippen LogP contribution >= 0.6 is 15.9 Å². The number of rotatable bonds is 3. The summed E-state index contributed by atoms with van der Waals surface area (Å²) in [6, 6.07) is 7.86. The predicted octanol–water partition coefficient (Wildman–Crippen LogP) is 4.32. The Balaban J connectivity index is 2.43. The van der Waals surface area contributed by atoms with Crippen molar-refractivity contribution in [2.45, 2.75) is 18.9 Å². The van der Waals surface area contributed by atoms with Gasteiger partial charge in [0.15, 0.2) is 0 Å². The molecule has 0 radical (unpaired) electrons. The van der Waals surface area contributed by atoms with Crippen molar-refractivity contribution in [1.29, 1.82) is 0 Å².